The molecule has 4 aliphatic heterocycles. The van der Waals surface area contributed by atoms with E-state index in [1.165, 1.54) is 4.90 Å². The molecule has 3 amide bonds. The molecule has 0 unspecified atom stereocenters. The molecule has 0 saturated carbocycles. The van der Waals surface area contributed by atoms with Crippen LogP contribution in [-0.4, -0.2) is 83.3 Å². The highest BCUT2D eigenvalue weighted by molar-refractivity contribution is 9.11. The SMILES string of the molecule is Cc1ccc(C)c(N2C/C=C\CCC(=O)NC[C@@H](C)OC(=O)[C@@H]3[C@H]4O[C@@]5(C=C4Br)[C@H](C2=O)N([C@H](C)CO)C(=O)[C@@H]35)c1. The van der Waals surface area contributed by atoms with Crippen molar-refractivity contribution in [3.8, 4) is 0 Å². The van der Waals surface area contributed by atoms with Crippen LogP contribution in [0.5, 0.6) is 0 Å². The predicted octanol–water partition coefficient (Wildman–Crippen LogP) is 2.29. The van der Waals surface area contributed by atoms with Crippen molar-refractivity contribution in [2.45, 2.75) is 70.4 Å². The molecule has 5 bridgehead atoms. The predicted molar refractivity (Wildman–Crippen MR) is 154 cm³/mol. The van der Waals surface area contributed by atoms with Crippen LogP contribution in [0.25, 0.3) is 0 Å². The second-order valence-electron chi connectivity index (χ2n) is 11.4. The lowest BCUT2D eigenvalue weighted by atomic mass is 9.74. The van der Waals surface area contributed by atoms with Gasteiger partial charge in [-0.2, -0.15) is 0 Å². The second kappa shape index (κ2) is 11.3. The third-order valence-corrected chi connectivity index (χ3v) is 9.11. The number of benzene rings is 1. The number of aliphatic hydroxyl groups excluding tert-OH is 1. The molecule has 5 rings (SSSR count). The number of nitrogens with zero attached hydrogens (tertiary/aromatic N) is 2. The summed E-state index contributed by atoms with van der Waals surface area (Å²) in [4.78, 5) is 57.9. The quantitative estimate of drug-likeness (QED) is 0.388. The monoisotopic (exact) mass is 629 g/mol. The fourth-order valence-electron chi connectivity index (χ4n) is 6.41. The zero-order valence-corrected chi connectivity index (χ0v) is 25.2. The summed E-state index contributed by atoms with van der Waals surface area (Å²) in [6.07, 6.45) is 4.70. The number of allylic oxidation sites excluding steroid dienone is 1. The smallest absolute Gasteiger partial charge is 0.313 e. The highest BCUT2D eigenvalue weighted by Gasteiger charge is 2.75. The number of rotatable bonds is 3. The van der Waals surface area contributed by atoms with Crippen LogP contribution in [0.4, 0.5) is 5.69 Å². The fourth-order valence-corrected chi connectivity index (χ4v) is 7.15. The number of esters is 1. The number of fused-ring (bicyclic) bond motifs is 2. The van der Waals surface area contributed by atoms with Crippen molar-refractivity contribution in [2.24, 2.45) is 11.8 Å². The zero-order chi connectivity index (χ0) is 29.6. The Morgan fingerprint density at radius 3 is 2.66 bits per heavy atom. The largest absolute Gasteiger partial charge is 0.460 e. The van der Waals surface area contributed by atoms with E-state index in [-0.39, 0.29) is 37.9 Å². The van der Waals surface area contributed by atoms with E-state index in [9.17, 15) is 24.3 Å². The lowest BCUT2D eigenvalue weighted by Gasteiger charge is -2.38. The lowest BCUT2D eigenvalue weighted by molar-refractivity contribution is -0.159. The number of carbonyl (C=O) groups is 4. The topological polar surface area (TPSA) is 125 Å². The van der Waals surface area contributed by atoms with E-state index in [1.54, 1.807) is 24.8 Å². The van der Waals surface area contributed by atoms with Crippen LogP contribution in [0.15, 0.2) is 40.9 Å². The van der Waals surface area contributed by atoms with Gasteiger partial charge in [0.2, 0.25) is 11.8 Å². The van der Waals surface area contributed by atoms with E-state index in [2.05, 4.69) is 21.2 Å². The Morgan fingerprint density at radius 2 is 1.93 bits per heavy atom. The summed E-state index contributed by atoms with van der Waals surface area (Å²) in [5.41, 5.74) is 1.07. The molecule has 0 radical (unpaired) electrons. The average Bonchev–Trinajstić information content (AvgIpc) is 3.53. The number of halogens is 1. The number of aliphatic hydroxyl groups is 1. The van der Waals surface area contributed by atoms with E-state index in [1.807, 2.05) is 44.2 Å². The van der Waals surface area contributed by atoms with Crippen molar-refractivity contribution in [3.63, 3.8) is 0 Å². The number of anilines is 1. The van der Waals surface area contributed by atoms with Crippen LogP contribution < -0.4 is 10.2 Å². The van der Waals surface area contributed by atoms with E-state index in [0.29, 0.717) is 16.6 Å². The van der Waals surface area contributed by atoms with Crippen molar-refractivity contribution >= 4 is 45.3 Å². The fraction of sp³-hybridized carbons (Fsp3) is 0.533. The third kappa shape index (κ3) is 5.02. The first-order valence-corrected chi connectivity index (χ1v) is 14.8. The first kappa shape index (κ1) is 29.5. The summed E-state index contributed by atoms with van der Waals surface area (Å²) in [6.45, 7) is 7.14. The number of carbonyl (C=O) groups excluding carboxylic acids is 4. The molecule has 41 heavy (non-hydrogen) atoms. The van der Waals surface area contributed by atoms with Gasteiger partial charge in [-0.1, -0.05) is 40.2 Å². The molecule has 1 aromatic carbocycles. The first-order valence-electron chi connectivity index (χ1n) is 14.0. The lowest BCUT2D eigenvalue weighted by Crippen LogP contribution is -2.58. The van der Waals surface area contributed by atoms with Crippen LogP contribution in [0.2, 0.25) is 0 Å². The number of hydrogen-bond donors (Lipinski definition) is 2. The maximum absolute atomic E-state index is 14.8. The van der Waals surface area contributed by atoms with Crippen LogP contribution in [0, 0.1) is 25.7 Å². The van der Waals surface area contributed by atoms with Gasteiger partial charge in [0.05, 0.1) is 25.1 Å². The van der Waals surface area contributed by atoms with E-state index in [4.69, 9.17) is 9.47 Å². The summed E-state index contributed by atoms with van der Waals surface area (Å²) < 4.78 is 12.7. The second-order valence-corrected chi connectivity index (χ2v) is 12.3. The van der Waals surface area contributed by atoms with Gasteiger partial charge in [0.1, 0.15) is 29.8 Å². The molecule has 4 heterocycles. The molecule has 2 fully saturated rings. The standard InChI is InChI=1S/C30H36BrN3O7/c1-16-9-10-17(2)21(12-16)33-11-7-5-6-8-22(36)32-14-19(4)40-29(39)23-24-27(37)34(18(3)15-35)26(28(33)38)30(24)13-20(31)25(23)41-30/h5,7,9-10,12-13,18-19,23-26,35H,6,8,11,14-15H2,1-4H3,(H,32,36)/b7-5-/t18-,19-,23+,24-,25+,26+,30-/m1/s1. The van der Waals surface area contributed by atoms with Gasteiger partial charge in [-0.15, -0.1) is 0 Å². The molecule has 4 aliphatic rings. The van der Waals surface area contributed by atoms with Gasteiger partial charge in [-0.05, 0) is 57.4 Å². The molecule has 11 heteroatoms. The third-order valence-electron chi connectivity index (χ3n) is 8.43. The highest BCUT2D eigenvalue weighted by Crippen LogP contribution is 2.59. The maximum atomic E-state index is 14.8. The maximum Gasteiger partial charge on any atom is 0.313 e. The van der Waals surface area contributed by atoms with Crippen molar-refractivity contribution in [1.82, 2.24) is 10.2 Å². The minimum atomic E-state index is -1.43. The molecule has 1 spiro atoms. The van der Waals surface area contributed by atoms with Crippen LogP contribution in [-0.2, 0) is 28.7 Å². The van der Waals surface area contributed by atoms with Gasteiger partial charge in [0.25, 0.3) is 5.91 Å². The van der Waals surface area contributed by atoms with Gasteiger partial charge >= 0.3 is 5.97 Å². The van der Waals surface area contributed by atoms with Gasteiger partial charge in [0.15, 0.2) is 0 Å². The van der Waals surface area contributed by atoms with Gasteiger partial charge < -0.3 is 29.7 Å². The number of likely N-dealkylation sites (tertiary alicyclic amines) is 1. The molecule has 10 nitrogen and oxygen atoms in total. The summed E-state index contributed by atoms with van der Waals surface area (Å²) in [5.74, 6) is -3.66. The van der Waals surface area contributed by atoms with Crippen molar-refractivity contribution in [2.75, 3.05) is 24.6 Å². The number of aryl methyl sites for hydroxylation is 2. The highest BCUT2D eigenvalue weighted by atomic mass is 79.9. The van der Waals surface area contributed by atoms with E-state index < -0.39 is 53.6 Å². The Morgan fingerprint density at radius 1 is 1.17 bits per heavy atom. The average molecular weight is 631 g/mol. The molecule has 2 N–H and O–H groups in total. The number of ether oxygens (including phenoxy) is 2. The molecule has 1 aromatic rings. The molecule has 220 valence electrons. The molecular formula is C30H36BrN3O7. The number of hydrogen-bond acceptors (Lipinski definition) is 7. The first-order chi connectivity index (χ1) is 19.5. The Kier molecular flexibility index (Phi) is 8.15. The van der Waals surface area contributed by atoms with Gasteiger partial charge in [-0.3, -0.25) is 19.2 Å². The number of nitrogens with one attached hydrogen (secondary N) is 1. The molecule has 0 aromatic heterocycles. The van der Waals surface area contributed by atoms with Gasteiger partial charge in [-0.25, -0.2) is 0 Å². The summed E-state index contributed by atoms with van der Waals surface area (Å²) in [7, 11) is 0. The van der Waals surface area contributed by atoms with E-state index >= 15 is 0 Å². The van der Waals surface area contributed by atoms with Crippen molar-refractivity contribution < 1.29 is 33.8 Å². The number of cyclic esters (lactones) is 1. The van der Waals surface area contributed by atoms with Crippen LogP contribution >= 0.6 is 15.9 Å². The summed E-state index contributed by atoms with van der Waals surface area (Å²) in [6, 6.07) is 3.97. The molecular weight excluding hydrogens is 594 g/mol. The minimum Gasteiger partial charge on any atom is -0.460 e. The minimum absolute atomic E-state index is 0.127. The Hall–Kier alpha value is -3.02. The normalized spacial score (nSPS) is 33.8. The molecule has 0 aliphatic carbocycles. The van der Waals surface area contributed by atoms with Crippen molar-refractivity contribution in [1.29, 1.82) is 0 Å². The summed E-state index contributed by atoms with van der Waals surface area (Å²) in [5, 5.41) is 13.0. The molecule has 2 saturated heterocycles. The van der Waals surface area contributed by atoms with Gasteiger partial charge in [0, 0.05) is 23.1 Å². The Labute approximate surface area is 247 Å². The van der Waals surface area contributed by atoms with E-state index in [0.717, 1.165) is 11.1 Å². The van der Waals surface area contributed by atoms with Crippen LogP contribution in [0.3, 0.4) is 0 Å². The van der Waals surface area contributed by atoms with Crippen LogP contribution in [0.1, 0.15) is 37.8 Å². The number of amides is 3. The van der Waals surface area contributed by atoms with Crippen molar-refractivity contribution in [3.05, 3.63) is 52.0 Å². The molecule has 7 atom stereocenters. The zero-order valence-electron chi connectivity index (χ0n) is 23.6. The Balaban J connectivity index is 1.66. The Bertz CT molecular complexity index is 1330. The summed E-state index contributed by atoms with van der Waals surface area (Å²) >= 11 is 3.53.